The molecule has 2 rings (SSSR count). The minimum Gasteiger partial charge on any atom is -0.478 e. The number of aryl methyl sites for hydroxylation is 1. The molecule has 1 aromatic rings. The Kier molecular flexibility index (Phi) is 4.45. The molecule has 1 aliphatic heterocycles. The van der Waals surface area contributed by atoms with Gasteiger partial charge >= 0.3 is 5.97 Å². The van der Waals surface area contributed by atoms with Crippen molar-refractivity contribution in [3.8, 4) is 0 Å². The van der Waals surface area contributed by atoms with E-state index in [2.05, 4.69) is 11.8 Å². The molecule has 1 fully saturated rings. The average molecular weight is 277 g/mol. The van der Waals surface area contributed by atoms with E-state index >= 15 is 0 Å². The Morgan fingerprint density at radius 2 is 1.95 bits per heavy atom. The van der Waals surface area contributed by atoms with Gasteiger partial charge in [-0.2, -0.15) is 0 Å². The number of likely N-dealkylation sites (tertiary alicyclic amines) is 1. The summed E-state index contributed by atoms with van der Waals surface area (Å²) >= 11 is 0. The number of carboxylic acid groups (broad SMARTS) is 1. The molecule has 4 heteroatoms. The van der Waals surface area contributed by atoms with Crippen molar-refractivity contribution in [2.45, 2.75) is 38.7 Å². The first-order chi connectivity index (χ1) is 9.50. The maximum Gasteiger partial charge on any atom is 0.335 e. The number of nitrogens with zero attached hydrogens (tertiary/aromatic N) is 1. The number of aromatic carboxylic acids is 1. The Hall–Kier alpha value is -1.39. The van der Waals surface area contributed by atoms with Crippen LogP contribution in [0.5, 0.6) is 0 Å². The van der Waals surface area contributed by atoms with Gasteiger partial charge in [-0.1, -0.05) is 26.0 Å². The summed E-state index contributed by atoms with van der Waals surface area (Å²) in [5.74, 6) is -0.902. The monoisotopic (exact) mass is 277 g/mol. The summed E-state index contributed by atoms with van der Waals surface area (Å²) in [6.45, 7) is 6.84. The van der Waals surface area contributed by atoms with Crippen molar-refractivity contribution < 1.29 is 15.0 Å². The lowest BCUT2D eigenvalue weighted by molar-refractivity contribution is -0.0247. The Morgan fingerprint density at radius 3 is 2.45 bits per heavy atom. The second-order valence-corrected chi connectivity index (χ2v) is 5.50. The van der Waals surface area contributed by atoms with Crippen LogP contribution in [0.4, 0.5) is 0 Å². The Labute approximate surface area is 120 Å². The molecule has 0 atom stereocenters. The summed E-state index contributed by atoms with van der Waals surface area (Å²) < 4.78 is 0. The van der Waals surface area contributed by atoms with Gasteiger partial charge in [0.2, 0.25) is 0 Å². The first kappa shape index (κ1) is 15.0. The highest BCUT2D eigenvalue weighted by atomic mass is 16.4. The fourth-order valence-corrected chi connectivity index (χ4v) is 2.91. The number of carboxylic acids is 1. The van der Waals surface area contributed by atoms with E-state index in [4.69, 9.17) is 5.11 Å². The van der Waals surface area contributed by atoms with Crippen molar-refractivity contribution in [3.63, 3.8) is 0 Å². The lowest BCUT2D eigenvalue weighted by Crippen LogP contribution is -2.42. The number of aliphatic hydroxyl groups is 1. The summed E-state index contributed by atoms with van der Waals surface area (Å²) in [6.07, 6.45) is 2.07. The van der Waals surface area contributed by atoms with E-state index in [9.17, 15) is 9.90 Å². The van der Waals surface area contributed by atoms with Crippen LogP contribution in [0.25, 0.3) is 0 Å². The highest BCUT2D eigenvalue weighted by molar-refractivity contribution is 5.89. The number of benzene rings is 1. The fraction of sp³-hybridized carbons (Fsp3) is 0.562. The SMILES string of the molecule is CCc1cc(C2(O)CCN(CC)CC2)ccc1C(=O)O. The van der Waals surface area contributed by atoms with Crippen LogP contribution >= 0.6 is 0 Å². The van der Waals surface area contributed by atoms with Crippen LogP contribution in [-0.4, -0.2) is 40.7 Å². The third-order valence-corrected chi connectivity index (χ3v) is 4.38. The molecule has 4 nitrogen and oxygen atoms in total. The Balaban J connectivity index is 2.27. The Morgan fingerprint density at radius 1 is 1.30 bits per heavy atom. The molecule has 1 aromatic carbocycles. The van der Waals surface area contributed by atoms with Gasteiger partial charge in [0.15, 0.2) is 0 Å². The summed E-state index contributed by atoms with van der Waals surface area (Å²) in [4.78, 5) is 13.5. The van der Waals surface area contributed by atoms with Crippen molar-refractivity contribution in [2.75, 3.05) is 19.6 Å². The zero-order valence-corrected chi connectivity index (χ0v) is 12.2. The third kappa shape index (κ3) is 2.86. The molecule has 110 valence electrons. The molecule has 2 N–H and O–H groups in total. The molecule has 1 aliphatic rings. The molecule has 1 saturated heterocycles. The van der Waals surface area contributed by atoms with Crippen LogP contribution < -0.4 is 0 Å². The standard InChI is InChI=1S/C16H23NO3/c1-3-12-11-13(5-6-14(12)15(18)19)16(20)7-9-17(4-2)10-8-16/h5-6,11,20H,3-4,7-10H2,1-2H3,(H,18,19). The van der Waals surface area contributed by atoms with Crippen LogP contribution in [-0.2, 0) is 12.0 Å². The molecule has 0 radical (unpaired) electrons. The quantitative estimate of drug-likeness (QED) is 0.886. The number of carbonyl (C=O) groups is 1. The number of rotatable bonds is 4. The van der Waals surface area contributed by atoms with Crippen LogP contribution in [0, 0.1) is 0 Å². The van der Waals surface area contributed by atoms with Gasteiger partial charge in [0.05, 0.1) is 11.2 Å². The zero-order valence-electron chi connectivity index (χ0n) is 12.2. The van der Waals surface area contributed by atoms with Crippen LogP contribution in [0.1, 0.15) is 48.2 Å². The average Bonchev–Trinajstić information content (AvgIpc) is 2.47. The molecule has 0 saturated carbocycles. The largest absolute Gasteiger partial charge is 0.478 e. The fourth-order valence-electron chi connectivity index (χ4n) is 2.91. The van der Waals surface area contributed by atoms with Gasteiger partial charge in [-0.25, -0.2) is 4.79 Å². The van der Waals surface area contributed by atoms with E-state index in [-0.39, 0.29) is 0 Å². The van der Waals surface area contributed by atoms with Gasteiger partial charge in [0.1, 0.15) is 0 Å². The van der Waals surface area contributed by atoms with Gasteiger partial charge in [0.25, 0.3) is 0 Å². The van der Waals surface area contributed by atoms with E-state index in [1.165, 1.54) is 0 Å². The first-order valence-electron chi connectivity index (χ1n) is 7.31. The van der Waals surface area contributed by atoms with Gasteiger partial charge in [-0.05, 0) is 43.0 Å². The minimum absolute atomic E-state index is 0.339. The molecule has 0 bridgehead atoms. The lowest BCUT2D eigenvalue weighted by atomic mass is 9.83. The smallest absolute Gasteiger partial charge is 0.335 e. The molecule has 0 amide bonds. The first-order valence-corrected chi connectivity index (χ1v) is 7.31. The van der Waals surface area contributed by atoms with Crippen LogP contribution in [0.2, 0.25) is 0 Å². The molecule has 0 unspecified atom stereocenters. The molecule has 1 heterocycles. The van der Waals surface area contributed by atoms with E-state index in [1.807, 2.05) is 13.0 Å². The van der Waals surface area contributed by atoms with Gasteiger partial charge in [0, 0.05) is 13.1 Å². The summed E-state index contributed by atoms with van der Waals surface area (Å²) in [6, 6.07) is 5.26. The van der Waals surface area contributed by atoms with E-state index in [1.54, 1.807) is 12.1 Å². The van der Waals surface area contributed by atoms with Gasteiger partial charge < -0.3 is 15.1 Å². The second kappa shape index (κ2) is 5.94. The summed E-state index contributed by atoms with van der Waals surface area (Å²) in [5.41, 5.74) is 1.18. The van der Waals surface area contributed by atoms with Crippen LogP contribution in [0.15, 0.2) is 18.2 Å². The van der Waals surface area contributed by atoms with E-state index in [0.29, 0.717) is 24.8 Å². The lowest BCUT2D eigenvalue weighted by Gasteiger charge is -2.38. The van der Waals surface area contributed by atoms with Crippen molar-refractivity contribution in [3.05, 3.63) is 34.9 Å². The molecular weight excluding hydrogens is 254 g/mol. The predicted molar refractivity (Wildman–Crippen MR) is 78.0 cm³/mol. The van der Waals surface area contributed by atoms with Gasteiger partial charge in [-0.3, -0.25) is 0 Å². The molecule has 0 aromatic heterocycles. The van der Waals surface area contributed by atoms with Crippen molar-refractivity contribution in [1.82, 2.24) is 4.90 Å². The summed E-state index contributed by atoms with van der Waals surface area (Å²) in [5, 5.41) is 20.0. The highest BCUT2D eigenvalue weighted by Gasteiger charge is 2.34. The molecule has 20 heavy (non-hydrogen) atoms. The Bertz CT molecular complexity index is 490. The predicted octanol–water partition coefficient (Wildman–Crippen LogP) is 2.25. The molecule has 0 aliphatic carbocycles. The second-order valence-electron chi connectivity index (χ2n) is 5.50. The minimum atomic E-state index is -0.902. The maximum absolute atomic E-state index is 11.2. The summed E-state index contributed by atoms with van der Waals surface area (Å²) in [7, 11) is 0. The normalized spacial score (nSPS) is 18.9. The van der Waals surface area contributed by atoms with Crippen molar-refractivity contribution in [1.29, 1.82) is 0 Å². The van der Waals surface area contributed by atoms with Crippen LogP contribution in [0.3, 0.4) is 0 Å². The molecule has 0 spiro atoms. The topological polar surface area (TPSA) is 60.8 Å². The number of hydrogen-bond donors (Lipinski definition) is 2. The maximum atomic E-state index is 11.2. The zero-order chi connectivity index (χ0) is 14.8. The van der Waals surface area contributed by atoms with E-state index in [0.717, 1.165) is 30.8 Å². The van der Waals surface area contributed by atoms with Gasteiger partial charge in [-0.15, -0.1) is 0 Å². The van der Waals surface area contributed by atoms with Crippen molar-refractivity contribution in [2.24, 2.45) is 0 Å². The molecular formula is C16H23NO3. The third-order valence-electron chi connectivity index (χ3n) is 4.38. The van der Waals surface area contributed by atoms with E-state index < -0.39 is 11.6 Å². The number of piperidine rings is 1. The van der Waals surface area contributed by atoms with Crippen molar-refractivity contribution >= 4 is 5.97 Å². The highest BCUT2D eigenvalue weighted by Crippen LogP contribution is 2.33. The number of hydrogen-bond acceptors (Lipinski definition) is 3.